The lowest BCUT2D eigenvalue weighted by Gasteiger charge is -2.28. The van der Waals surface area contributed by atoms with Gasteiger partial charge >= 0.3 is 11.9 Å². The van der Waals surface area contributed by atoms with Crippen LogP contribution in [0, 0.1) is 16.7 Å². The first-order valence-corrected chi connectivity index (χ1v) is 37.4. The number of aliphatic carboxylic acids is 2. The molecule has 0 aliphatic carbocycles. The van der Waals surface area contributed by atoms with Gasteiger partial charge in [0.05, 0.1) is 31.0 Å². The molecule has 38 heteroatoms. The highest BCUT2D eigenvalue weighted by Gasteiger charge is 2.37. The predicted octanol–water partition coefficient (Wildman–Crippen LogP) is -2.47. The minimum Gasteiger partial charge on any atom is -0.508 e. The molecule has 10 atom stereocenters. The number of carbonyl (C=O) groups excluding carboxylic acids is 11. The van der Waals surface area contributed by atoms with Gasteiger partial charge < -0.3 is 112 Å². The Balaban J connectivity index is 1.25. The monoisotopic (exact) mass is 1570 g/mol. The summed E-state index contributed by atoms with van der Waals surface area (Å²) in [5.41, 5.74) is 20.3. The molecule has 0 saturated carbocycles. The maximum Gasteiger partial charge on any atom is 0.322 e. The number of carboxylic acids is 2. The number of imidazole rings is 1. The molecular formula is C74H99N21O16S. The van der Waals surface area contributed by atoms with Crippen molar-refractivity contribution >= 4 is 112 Å². The Labute approximate surface area is 649 Å². The summed E-state index contributed by atoms with van der Waals surface area (Å²) in [5.74, 6) is -14.2. The molecule has 0 unspecified atom stereocenters. The average molecular weight is 1570 g/mol. The molecule has 0 saturated heterocycles. The number of aromatic hydroxyl groups is 1. The van der Waals surface area contributed by atoms with Crippen LogP contribution in [0.3, 0.4) is 0 Å². The number of hydrogen-bond donors (Lipinski definition) is 23. The molecule has 26 N–H and O–H groups in total. The summed E-state index contributed by atoms with van der Waals surface area (Å²) >= 11 is 1.37. The van der Waals surface area contributed by atoms with Crippen molar-refractivity contribution in [2.75, 3.05) is 38.2 Å². The molecule has 6 aromatic rings. The molecule has 2 heterocycles. The SMILES string of the molecule is CSCC[C@H](NC(=O)[C@H](NC(=O)[C@@H](N)Cc1ccc(O)cc1)C(C)C)C(=O)NCC(=O)N[C@@H](Cc1c[nH]cn1)C(=O)N[C@@H](Cc1ccccc1)C(=O)N[C@@H](CCCNC(=N)N)C(=O)N[C@@H](Cc1c[nH]c2ccccc12)C(=O)N[C@@H](CC(=O)O)C(=O)N[C@@H](CCCNC(=N)N)C(=O)N[C@@H](Cc1ccccc1)C(=O)NCC(=O)O. The molecule has 0 radical (unpaired) electrons. The lowest BCUT2D eigenvalue weighted by atomic mass is 10.0. The number of para-hydroxylation sites is 1. The highest BCUT2D eigenvalue weighted by molar-refractivity contribution is 7.98. The van der Waals surface area contributed by atoms with Crippen molar-refractivity contribution in [1.82, 2.24) is 84.1 Å². The fraction of sp³-hybridized carbons (Fsp3) is 0.405. The van der Waals surface area contributed by atoms with Crippen LogP contribution in [0.5, 0.6) is 5.75 Å². The third-order valence-corrected chi connectivity index (χ3v) is 18.1. The van der Waals surface area contributed by atoms with Gasteiger partial charge in [0.2, 0.25) is 65.0 Å². The zero-order valence-electron chi connectivity index (χ0n) is 62.0. The number of nitrogens with one attached hydrogen (secondary N) is 17. The number of nitrogens with two attached hydrogens (primary N) is 3. The van der Waals surface area contributed by atoms with E-state index in [1.807, 2.05) is 0 Å². The minimum atomic E-state index is -2.00. The number of benzene rings is 4. The van der Waals surface area contributed by atoms with Gasteiger partial charge in [-0.15, -0.1) is 0 Å². The first-order chi connectivity index (χ1) is 53.5. The molecule has 11 amide bonds. The minimum absolute atomic E-state index is 0.0122. The fourth-order valence-corrected chi connectivity index (χ4v) is 12.1. The number of guanidine groups is 2. The van der Waals surface area contributed by atoms with Gasteiger partial charge in [-0.1, -0.05) is 105 Å². The summed E-state index contributed by atoms with van der Waals surface area (Å²) < 4.78 is 0. The standard InChI is InChI=1S/C74H99N21O16S/c1-41(2)62(95-63(102)49(75)30-44-22-24-47(96)25-23-44)72(111)90-53(26-29-112-3)64(103)84-38-59(97)87-57(34-46-37-80-40-86-46)70(109)92-55(32-43-16-8-5-9-17-43)68(107)88-52(21-13-28-82-74(78)79)67(106)93-56(33-45-36-83-50-19-11-10-18-48(45)50)69(108)94-58(35-60(98)99)71(110)89-51(20-12-27-81-73(76)77)66(105)91-54(65(104)85-39-61(100)101)31-42-14-6-4-7-15-42/h4-11,14-19,22-25,36-37,40-41,49,51-58,62,83,96H,12-13,20-21,26-35,38-39,75H2,1-3H3,(H,80,86)(H,84,103)(H,85,104)(H,87,97)(H,88,107)(H,89,110)(H,90,111)(H,91,105)(H,92,109)(H,93,106)(H,94,108)(H,95,102)(H,98,99)(H,100,101)(H4,76,77,81)(H4,78,79,82)/t49-,51-,52-,53-,54-,55-,56-,57-,58-,62+/m0/s1. The number of hydrogen-bond acceptors (Lipinski definition) is 19. The Morgan fingerprint density at radius 1 is 0.473 bits per heavy atom. The summed E-state index contributed by atoms with van der Waals surface area (Å²) in [6.07, 6.45) is 3.70. The Hall–Kier alpha value is -12.6. The van der Waals surface area contributed by atoms with E-state index in [-0.39, 0.29) is 88.7 Å². The highest BCUT2D eigenvalue weighted by atomic mass is 32.2. The molecule has 0 spiro atoms. The van der Waals surface area contributed by atoms with Crippen LogP contribution < -0.4 is 86.3 Å². The largest absolute Gasteiger partial charge is 0.508 e. The van der Waals surface area contributed by atoms with Crippen LogP contribution in [-0.4, -0.2) is 218 Å². The summed E-state index contributed by atoms with van der Waals surface area (Å²) in [4.78, 5) is 192. The van der Waals surface area contributed by atoms with Crippen molar-refractivity contribution in [2.45, 2.75) is 145 Å². The zero-order chi connectivity index (χ0) is 81.8. The molecule has 602 valence electrons. The summed E-state index contributed by atoms with van der Waals surface area (Å²) in [5, 5.41) is 78.7. The topological polar surface area (TPSA) is 609 Å². The number of aromatic nitrogens is 3. The van der Waals surface area contributed by atoms with Crippen molar-refractivity contribution in [3.8, 4) is 5.75 Å². The number of amides is 11. The molecule has 0 fully saturated rings. The summed E-state index contributed by atoms with van der Waals surface area (Å²) in [7, 11) is 0. The van der Waals surface area contributed by atoms with Crippen LogP contribution in [0.4, 0.5) is 0 Å². The molecule has 0 aliphatic rings. The Kier molecular flexibility index (Phi) is 35.8. The van der Waals surface area contributed by atoms with E-state index >= 15 is 14.4 Å². The van der Waals surface area contributed by atoms with Crippen molar-refractivity contribution in [3.05, 3.63) is 156 Å². The smallest absolute Gasteiger partial charge is 0.322 e. The number of rotatable bonds is 47. The number of fused-ring (bicyclic) bond motifs is 1. The van der Waals surface area contributed by atoms with E-state index in [2.05, 4.69) is 84.1 Å². The molecule has 0 bridgehead atoms. The van der Waals surface area contributed by atoms with Gasteiger partial charge in [-0.05, 0) is 96.9 Å². The third-order valence-electron chi connectivity index (χ3n) is 17.5. The molecule has 4 aromatic carbocycles. The average Bonchev–Trinajstić information content (AvgIpc) is 1.76. The van der Waals surface area contributed by atoms with Crippen LogP contribution in [0.15, 0.2) is 128 Å². The van der Waals surface area contributed by atoms with Crippen molar-refractivity contribution < 1.29 is 77.6 Å². The molecule has 2 aromatic heterocycles. The lowest BCUT2D eigenvalue weighted by Crippen LogP contribution is -2.61. The van der Waals surface area contributed by atoms with Gasteiger partial charge in [-0.3, -0.25) is 73.1 Å². The first-order valence-electron chi connectivity index (χ1n) is 36.0. The van der Waals surface area contributed by atoms with Gasteiger partial charge in [0.15, 0.2) is 11.9 Å². The van der Waals surface area contributed by atoms with Gasteiger partial charge in [0, 0.05) is 62.1 Å². The lowest BCUT2D eigenvalue weighted by molar-refractivity contribution is -0.141. The van der Waals surface area contributed by atoms with E-state index in [4.69, 9.17) is 28.0 Å². The second-order valence-corrected chi connectivity index (χ2v) is 27.6. The van der Waals surface area contributed by atoms with E-state index in [0.717, 1.165) is 0 Å². The third kappa shape index (κ3) is 30.4. The Morgan fingerprint density at radius 3 is 1.45 bits per heavy atom. The number of carbonyl (C=O) groups is 13. The van der Waals surface area contributed by atoms with Crippen LogP contribution in [-0.2, 0) is 94.4 Å². The zero-order valence-corrected chi connectivity index (χ0v) is 62.8. The number of phenols is 1. The van der Waals surface area contributed by atoms with Gasteiger partial charge in [-0.25, -0.2) is 4.98 Å². The van der Waals surface area contributed by atoms with Crippen LogP contribution in [0.2, 0.25) is 0 Å². The molecule has 0 aliphatic heterocycles. The quantitative estimate of drug-likeness (QED) is 0.0107. The highest BCUT2D eigenvalue weighted by Crippen LogP contribution is 2.21. The second-order valence-electron chi connectivity index (χ2n) is 26.6. The van der Waals surface area contributed by atoms with Crippen LogP contribution in [0.25, 0.3) is 10.9 Å². The molecule has 112 heavy (non-hydrogen) atoms. The van der Waals surface area contributed by atoms with Crippen LogP contribution in [0.1, 0.15) is 80.3 Å². The number of H-pyrrole nitrogens is 2. The van der Waals surface area contributed by atoms with Gasteiger partial charge in [-0.2, -0.15) is 11.8 Å². The number of phenolic OH excluding ortho intramolecular Hbond substituents is 1. The predicted molar refractivity (Wildman–Crippen MR) is 414 cm³/mol. The Morgan fingerprint density at radius 2 is 0.929 bits per heavy atom. The number of carboxylic acid groups (broad SMARTS) is 2. The van der Waals surface area contributed by atoms with Gasteiger partial charge in [0.1, 0.15) is 66.7 Å². The van der Waals surface area contributed by atoms with E-state index in [1.54, 1.807) is 123 Å². The number of nitrogens with zero attached hydrogens (tertiary/aromatic N) is 1. The first kappa shape index (κ1) is 88.3. The Bertz CT molecular complexity index is 4190. The molecular weight excluding hydrogens is 1470 g/mol. The second kappa shape index (κ2) is 45.4. The van der Waals surface area contributed by atoms with E-state index in [1.165, 1.54) is 36.4 Å². The maximum atomic E-state index is 15.1. The molecule has 6 rings (SSSR count). The van der Waals surface area contributed by atoms with E-state index < -0.39 is 175 Å². The van der Waals surface area contributed by atoms with Crippen LogP contribution >= 0.6 is 11.8 Å². The number of thioether (sulfide) groups is 1. The van der Waals surface area contributed by atoms with E-state index in [0.29, 0.717) is 38.9 Å². The fourth-order valence-electron chi connectivity index (χ4n) is 11.6. The summed E-state index contributed by atoms with van der Waals surface area (Å²) in [6.45, 7) is 1.78. The molecule has 37 nitrogen and oxygen atoms in total. The summed E-state index contributed by atoms with van der Waals surface area (Å²) in [6, 6.07) is 14.8. The maximum absolute atomic E-state index is 15.1. The van der Waals surface area contributed by atoms with E-state index in [9.17, 15) is 63.3 Å². The normalized spacial score (nSPS) is 13.7. The van der Waals surface area contributed by atoms with Gasteiger partial charge in [0.25, 0.3) is 0 Å². The number of aromatic amines is 2. The van der Waals surface area contributed by atoms with Crippen molar-refractivity contribution in [1.29, 1.82) is 10.8 Å². The van der Waals surface area contributed by atoms with Crippen molar-refractivity contribution in [2.24, 2.45) is 23.1 Å². The van der Waals surface area contributed by atoms with Crippen molar-refractivity contribution in [3.63, 3.8) is 0 Å².